The summed E-state index contributed by atoms with van der Waals surface area (Å²) in [5.41, 5.74) is 0. The molecule has 0 saturated heterocycles. The predicted octanol–water partition coefficient (Wildman–Crippen LogP) is -6.45. The van der Waals surface area contributed by atoms with E-state index in [1.807, 2.05) is 0 Å². The van der Waals surface area contributed by atoms with Gasteiger partial charge >= 0.3 is 60.8 Å². The summed E-state index contributed by atoms with van der Waals surface area (Å²) in [5.74, 6) is 0. The van der Waals surface area contributed by atoms with Crippen LogP contribution in [0.15, 0.2) is 0 Å². The van der Waals surface area contributed by atoms with Crippen molar-refractivity contribution in [3.8, 4) is 0 Å². The molecule has 0 unspecified atom stereocenters. The van der Waals surface area contributed by atoms with E-state index in [2.05, 4.69) is 0 Å². The standard InChI is InChI=1S/Co.2Li.H2O.O.2H/h;;;1H2;;;/q3*+1;;;2*-1/p-1. The van der Waals surface area contributed by atoms with Crippen molar-refractivity contribution in [1.82, 2.24) is 0 Å². The van der Waals surface area contributed by atoms with E-state index in [1.165, 1.54) is 0 Å². The van der Waals surface area contributed by atoms with Crippen LogP contribution in [0, 0.1) is 0 Å². The number of rotatable bonds is 0. The molecule has 0 radical (unpaired) electrons. The van der Waals surface area contributed by atoms with Crippen LogP contribution in [-0.2, 0) is 18.8 Å². The maximum atomic E-state index is 8.45. The Morgan fingerprint density at radius 2 is 1.60 bits per heavy atom. The van der Waals surface area contributed by atoms with Crippen LogP contribution in [0.3, 0.4) is 0 Å². The Kier molecular flexibility index (Phi) is 57.7. The Morgan fingerprint density at radius 1 is 1.60 bits per heavy atom. The second-order valence-electron chi connectivity index (χ2n) is 0.0609. The molecule has 0 fully saturated rings. The van der Waals surface area contributed by atoms with Crippen molar-refractivity contribution in [1.29, 1.82) is 0 Å². The summed E-state index contributed by atoms with van der Waals surface area (Å²) < 4.78 is 15.4. The Balaban J connectivity index is -0.00000000333. The Morgan fingerprint density at radius 3 is 1.60 bits per heavy atom. The van der Waals surface area contributed by atoms with E-state index in [9.17, 15) is 0 Å². The molecule has 0 rings (SSSR count). The van der Waals surface area contributed by atoms with Gasteiger partial charge < -0.3 is 2.85 Å². The van der Waals surface area contributed by atoms with Gasteiger partial charge in [0.1, 0.15) is 0 Å². The van der Waals surface area contributed by atoms with Crippen molar-refractivity contribution >= 4 is 0 Å². The van der Waals surface area contributed by atoms with Crippen LogP contribution in [0.4, 0.5) is 0 Å². The van der Waals surface area contributed by atoms with E-state index in [-0.39, 0.29) is 40.6 Å². The van der Waals surface area contributed by atoms with Crippen LogP contribution in [0.2, 0.25) is 0 Å². The van der Waals surface area contributed by atoms with Crippen LogP contribution < -0.4 is 37.7 Å². The monoisotopic (exact) mass is 108 g/mol. The van der Waals surface area contributed by atoms with Gasteiger partial charge in [0, 0.05) is 0 Å². The summed E-state index contributed by atoms with van der Waals surface area (Å²) in [6, 6.07) is 0. The summed E-state index contributed by atoms with van der Waals surface area (Å²) in [5, 5.41) is 0. The molecular formula is H3CoLi2O2. The summed E-state index contributed by atoms with van der Waals surface area (Å²) >= 11 is -0.812. The first-order valence-corrected chi connectivity index (χ1v) is 1.18. The molecule has 0 bridgehead atoms. The molecule has 26 valence electrons. The quantitative estimate of drug-likeness (QED) is 0.313. The fourth-order valence-electron chi connectivity index (χ4n) is 0. The third-order valence-electron chi connectivity index (χ3n) is 0. The molecule has 2 nitrogen and oxygen atoms in total. The Labute approximate surface area is 63.5 Å². The molecule has 0 saturated carbocycles. The van der Waals surface area contributed by atoms with E-state index in [4.69, 9.17) is 8.08 Å². The van der Waals surface area contributed by atoms with Crippen LogP contribution in [0.1, 0.15) is 2.85 Å². The molecule has 0 atom stereocenters. The van der Waals surface area contributed by atoms with E-state index >= 15 is 0 Å². The molecule has 0 heterocycles. The van der Waals surface area contributed by atoms with Crippen LogP contribution in [0.5, 0.6) is 0 Å². The average molecular weight is 108 g/mol. The van der Waals surface area contributed by atoms with Crippen molar-refractivity contribution in [2.45, 2.75) is 0 Å². The van der Waals surface area contributed by atoms with Gasteiger partial charge in [0.2, 0.25) is 0 Å². The van der Waals surface area contributed by atoms with E-state index in [1.54, 1.807) is 0 Å². The van der Waals surface area contributed by atoms with Crippen LogP contribution in [-0.4, -0.2) is 4.22 Å². The third-order valence-corrected chi connectivity index (χ3v) is 0. The van der Waals surface area contributed by atoms with Crippen LogP contribution in [0.25, 0.3) is 0 Å². The van der Waals surface area contributed by atoms with Crippen molar-refractivity contribution in [3.05, 3.63) is 0 Å². The second kappa shape index (κ2) is 17.9. The van der Waals surface area contributed by atoms with Gasteiger partial charge in [-0.3, -0.25) is 0 Å². The maximum absolute atomic E-state index is 8.45. The molecule has 0 aromatic rings. The van der Waals surface area contributed by atoms with E-state index in [0.29, 0.717) is 0 Å². The van der Waals surface area contributed by atoms with Gasteiger partial charge in [-0.1, -0.05) is 0 Å². The summed E-state index contributed by atoms with van der Waals surface area (Å²) in [7, 11) is 0. The van der Waals surface area contributed by atoms with Crippen LogP contribution >= 0.6 is 0 Å². The summed E-state index contributed by atoms with van der Waals surface area (Å²) in [4.78, 5) is 0. The molecular weight excluding hydrogens is 105 g/mol. The molecule has 0 spiro atoms. The molecule has 0 amide bonds. The van der Waals surface area contributed by atoms with Gasteiger partial charge in [-0.15, -0.1) is 0 Å². The average Bonchev–Trinajstić information content (AvgIpc) is 0.918. The molecule has 0 aromatic carbocycles. The van der Waals surface area contributed by atoms with Gasteiger partial charge in [-0.2, -0.15) is 0 Å². The number of hydrogen-bond acceptors (Lipinski definition) is 1. The number of hydrogen-bond donors (Lipinski definition) is 1. The topological polar surface area (TPSA) is 37.3 Å². The zero-order chi connectivity index (χ0) is 2.71. The van der Waals surface area contributed by atoms with Gasteiger partial charge in [-0.05, 0) is 0 Å². The normalized spacial score (nSPS) is 4.20. The molecule has 5 heavy (non-hydrogen) atoms. The van der Waals surface area contributed by atoms with Gasteiger partial charge in [-0.25, -0.2) is 0 Å². The molecule has 0 aromatic heterocycles. The molecule has 0 aliphatic heterocycles. The predicted molar refractivity (Wildman–Crippen MR) is 5.13 cm³/mol. The fourth-order valence-corrected chi connectivity index (χ4v) is 0. The first kappa shape index (κ1) is 16.1. The molecule has 5 heteroatoms. The van der Waals surface area contributed by atoms with Crippen molar-refractivity contribution in [2.24, 2.45) is 0 Å². The van der Waals surface area contributed by atoms with E-state index in [0.717, 1.165) is 0 Å². The van der Waals surface area contributed by atoms with Gasteiger partial charge in [0.05, 0.1) is 0 Å². The SMILES string of the molecule is [H-].[H-].[Li+].[Li+].[O]=[Co][OH]. The zero-order valence-electron chi connectivity index (χ0n) is 5.19. The van der Waals surface area contributed by atoms with Crippen molar-refractivity contribution < 1.29 is 63.6 Å². The first-order valence-electron chi connectivity index (χ1n) is 0.285. The molecule has 0 aliphatic carbocycles. The summed E-state index contributed by atoms with van der Waals surface area (Å²) in [6.45, 7) is 0. The van der Waals surface area contributed by atoms with Gasteiger partial charge in [0.15, 0.2) is 0 Å². The molecule has 1 N–H and O–H groups in total. The Hall–Kier alpha value is 1.46. The summed E-state index contributed by atoms with van der Waals surface area (Å²) in [6.07, 6.45) is 0. The third kappa shape index (κ3) is 30.6. The zero-order valence-corrected chi connectivity index (χ0v) is 4.23. The minimum atomic E-state index is -0.812. The van der Waals surface area contributed by atoms with Crippen molar-refractivity contribution in [2.75, 3.05) is 0 Å². The fraction of sp³-hybridized carbons (Fsp3) is 0. The van der Waals surface area contributed by atoms with E-state index < -0.39 is 15.0 Å². The molecule has 0 aliphatic rings. The second-order valence-corrected chi connectivity index (χ2v) is 0.251. The minimum absolute atomic E-state index is 0. The Bertz CT molecular complexity index is 21.2. The first-order chi connectivity index (χ1) is 1.41. The van der Waals surface area contributed by atoms with Crippen molar-refractivity contribution in [3.63, 3.8) is 0 Å². The van der Waals surface area contributed by atoms with Gasteiger partial charge in [0.25, 0.3) is 0 Å².